The standard InChI is InChI=1S/C22H20N4O2/c1-28-21-12-16(6-8-20(21)26-11-10-23-15-26)7-9-22(27)24-14-18-13-17-4-2-3-5-19(17)25-18/h2-12,15H,13-14H2,1H3,(H,24,27)/b9-7+. The molecule has 140 valence electrons. The average Bonchev–Trinajstić information content (AvgIpc) is 3.40. The third-order valence-corrected chi connectivity index (χ3v) is 4.54. The molecule has 1 aliphatic heterocycles. The van der Waals surface area contributed by atoms with Crippen LogP contribution < -0.4 is 10.1 Å². The van der Waals surface area contributed by atoms with Crippen LogP contribution in [-0.4, -0.2) is 34.8 Å². The van der Waals surface area contributed by atoms with Crippen molar-refractivity contribution in [2.24, 2.45) is 4.99 Å². The van der Waals surface area contributed by atoms with Crippen molar-refractivity contribution in [3.05, 3.63) is 78.4 Å². The lowest BCUT2D eigenvalue weighted by atomic mass is 10.1. The fourth-order valence-electron chi connectivity index (χ4n) is 3.13. The molecule has 4 rings (SSSR count). The molecule has 3 aromatic rings. The number of hydrogen-bond donors (Lipinski definition) is 1. The number of ether oxygens (including phenoxy) is 1. The summed E-state index contributed by atoms with van der Waals surface area (Å²) in [6.07, 6.45) is 9.35. The monoisotopic (exact) mass is 372 g/mol. The largest absolute Gasteiger partial charge is 0.495 e. The zero-order valence-corrected chi connectivity index (χ0v) is 15.5. The van der Waals surface area contributed by atoms with Gasteiger partial charge in [0.25, 0.3) is 0 Å². The number of para-hydroxylation sites is 1. The highest BCUT2D eigenvalue weighted by molar-refractivity contribution is 5.99. The van der Waals surface area contributed by atoms with Crippen LogP contribution in [0.25, 0.3) is 11.8 Å². The normalized spacial score (nSPS) is 12.7. The van der Waals surface area contributed by atoms with E-state index in [1.54, 1.807) is 25.7 Å². The first-order valence-corrected chi connectivity index (χ1v) is 8.99. The van der Waals surface area contributed by atoms with E-state index >= 15 is 0 Å². The van der Waals surface area contributed by atoms with E-state index in [1.165, 1.54) is 11.6 Å². The lowest BCUT2D eigenvalue weighted by Crippen LogP contribution is -2.27. The van der Waals surface area contributed by atoms with E-state index in [-0.39, 0.29) is 5.91 Å². The summed E-state index contributed by atoms with van der Waals surface area (Å²) in [5.41, 5.74) is 4.93. The number of aliphatic imine (C=N–C) groups is 1. The maximum absolute atomic E-state index is 12.2. The summed E-state index contributed by atoms with van der Waals surface area (Å²) in [5, 5.41) is 2.89. The van der Waals surface area contributed by atoms with Gasteiger partial charge in [-0.05, 0) is 35.4 Å². The highest BCUT2D eigenvalue weighted by Gasteiger charge is 2.13. The van der Waals surface area contributed by atoms with Crippen LogP contribution in [0.3, 0.4) is 0 Å². The first-order chi connectivity index (χ1) is 13.7. The quantitative estimate of drug-likeness (QED) is 0.675. The van der Waals surface area contributed by atoms with E-state index in [4.69, 9.17) is 4.74 Å². The van der Waals surface area contributed by atoms with E-state index in [0.29, 0.717) is 12.3 Å². The number of carbonyl (C=O) groups is 1. The van der Waals surface area contributed by atoms with Crippen LogP contribution in [0.2, 0.25) is 0 Å². The molecule has 0 spiro atoms. The SMILES string of the molecule is COc1cc(/C=C/C(=O)NCC2=Nc3ccccc3C2)ccc1-n1ccnc1. The van der Waals surface area contributed by atoms with Gasteiger partial charge in [0.05, 0.1) is 31.4 Å². The minimum Gasteiger partial charge on any atom is -0.495 e. The van der Waals surface area contributed by atoms with Gasteiger partial charge in [0.1, 0.15) is 5.75 Å². The molecule has 28 heavy (non-hydrogen) atoms. The van der Waals surface area contributed by atoms with Crippen LogP contribution in [0.1, 0.15) is 11.1 Å². The number of hydrogen-bond acceptors (Lipinski definition) is 4. The molecule has 0 fully saturated rings. The van der Waals surface area contributed by atoms with E-state index in [9.17, 15) is 4.79 Å². The van der Waals surface area contributed by atoms with Crippen molar-refractivity contribution in [2.75, 3.05) is 13.7 Å². The lowest BCUT2D eigenvalue weighted by molar-refractivity contribution is -0.116. The summed E-state index contributed by atoms with van der Waals surface area (Å²) in [6.45, 7) is 0.445. The van der Waals surface area contributed by atoms with Crippen molar-refractivity contribution in [1.29, 1.82) is 0 Å². The van der Waals surface area contributed by atoms with Gasteiger partial charge < -0.3 is 14.6 Å². The molecular formula is C22H20N4O2. The highest BCUT2D eigenvalue weighted by atomic mass is 16.5. The Hall–Kier alpha value is -3.67. The molecule has 0 aliphatic carbocycles. The Bertz CT molecular complexity index is 1050. The topological polar surface area (TPSA) is 68.5 Å². The number of imidazole rings is 1. The zero-order valence-electron chi connectivity index (χ0n) is 15.5. The van der Waals surface area contributed by atoms with Gasteiger partial charge in [0.15, 0.2) is 0 Å². The maximum atomic E-state index is 12.2. The fraction of sp³-hybridized carbons (Fsp3) is 0.136. The summed E-state index contributed by atoms with van der Waals surface area (Å²) in [4.78, 5) is 20.8. The predicted molar refractivity (Wildman–Crippen MR) is 109 cm³/mol. The molecule has 1 amide bonds. The second-order valence-corrected chi connectivity index (χ2v) is 6.44. The molecule has 2 heterocycles. The number of rotatable bonds is 6. The van der Waals surface area contributed by atoms with Gasteiger partial charge in [-0.15, -0.1) is 0 Å². The molecule has 6 nitrogen and oxygen atoms in total. The molecule has 0 saturated heterocycles. The van der Waals surface area contributed by atoms with Gasteiger partial charge in [-0.1, -0.05) is 24.3 Å². The van der Waals surface area contributed by atoms with Crippen LogP contribution in [0.15, 0.2) is 72.3 Å². The molecule has 6 heteroatoms. The number of carbonyl (C=O) groups excluding carboxylic acids is 1. The van der Waals surface area contributed by atoms with Gasteiger partial charge >= 0.3 is 0 Å². The molecular weight excluding hydrogens is 352 g/mol. The number of benzene rings is 2. The lowest BCUT2D eigenvalue weighted by Gasteiger charge is -2.09. The van der Waals surface area contributed by atoms with Gasteiger partial charge in [-0.3, -0.25) is 9.79 Å². The molecule has 1 N–H and O–H groups in total. The van der Waals surface area contributed by atoms with Gasteiger partial charge in [0, 0.05) is 30.6 Å². The van der Waals surface area contributed by atoms with E-state index in [0.717, 1.165) is 29.1 Å². The molecule has 1 aromatic heterocycles. The number of aromatic nitrogens is 2. The average molecular weight is 372 g/mol. The van der Waals surface area contributed by atoms with Gasteiger partial charge in [-0.25, -0.2) is 4.98 Å². The molecule has 0 bridgehead atoms. The van der Waals surface area contributed by atoms with Crippen molar-refractivity contribution in [2.45, 2.75) is 6.42 Å². The Morgan fingerprint density at radius 2 is 2.18 bits per heavy atom. The zero-order chi connectivity index (χ0) is 19.3. The number of nitrogens with zero attached hydrogens (tertiary/aromatic N) is 3. The minimum absolute atomic E-state index is 0.156. The van der Waals surface area contributed by atoms with Crippen molar-refractivity contribution < 1.29 is 9.53 Å². The minimum atomic E-state index is -0.156. The Kier molecular flexibility index (Phi) is 5.01. The summed E-state index contributed by atoms with van der Waals surface area (Å²) in [7, 11) is 1.62. The molecule has 1 aliphatic rings. The summed E-state index contributed by atoms with van der Waals surface area (Å²) in [6, 6.07) is 13.8. The van der Waals surface area contributed by atoms with Crippen LogP contribution in [0.4, 0.5) is 5.69 Å². The van der Waals surface area contributed by atoms with Crippen molar-refractivity contribution in [3.8, 4) is 11.4 Å². The third kappa shape index (κ3) is 3.86. The predicted octanol–water partition coefficient (Wildman–Crippen LogP) is 3.34. The smallest absolute Gasteiger partial charge is 0.244 e. The highest BCUT2D eigenvalue weighted by Crippen LogP contribution is 2.26. The summed E-state index contributed by atoms with van der Waals surface area (Å²) < 4.78 is 7.34. The summed E-state index contributed by atoms with van der Waals surface area (Å²) in [5.74, 6) is 0.551. The first-order valence-electron chi connectivity index (χ1n) is 8.99. The molecule has 0 atom stereocenters. The molecule has 0 radical (unpaired) electrons. The summed E-state index contributed by atoms with van der Waals surface area (Å²) >= 11 is 0. The van der Waals surface area contributed by atoms with E-state index in [2.05, 4.69) is 21.4 Å². The van der Waals surface area contributed by atoms with Crippen molar-refractivity contribution in [1.82, 2.24) is 14.9 Å². The Morgan fingerprint density at radius 3 is 2.96 bits per heavy atom. The second-order valence-electron chi connectivity index (χ2n) is 6.44. The fourth-order valence-corrected chi connectivity index (χ4v) is 3.13. The number of amides is 1. The maximum Gasteiger partial charge on any atom is 0.244 e. The Morgan fingerprint density at radius 1 is 1.29 bits per heavy atom. The number of fused-ring (bicyclic) bond motifs is 1. The first kappa shape index (κ1) is 17.7. The van der Waals surface area contributed by atoms with Gasteiger partial charge in [0.2, 0.25) is 5.91 Å². The van der Waals surface area contributed by atoms with Crippen molar-refractivity contribution in [3.63, 3.8) is 0 Å². The van der Waals surface area contributed by atoms with Crippen molar-refractivity contribution >= 4 is 23.4 Å². The van der Waals surface area contributed by atoms with E-state index < -0.39 is 0 Å². The number of methoxy groups -OCH3 is 1. The molecule has 0 unspecified atom stereocenters. The van der Waals surface area contributed by atoms with Crippen LogP contribution in [0.5, 0.6) is 5.75 Å². The van der Waals surface area contributed by atoms with Crippen LogP contribution in [-0.2, 0) is 11.2 Å². The van der Waals surface area contributed by atoms with Crippen LogP contribution >= 0.6 is 0 Å². The Labute approximate surface area is 163 Å². The Balaban J connectivity index is 1.37. The van der Waals surface area contributed by atoms with Crippen LogP contribution in [0, 0.1) is 0 Å². The molecule has 2 aromatic carbocycles. The molecule has 0 saturated carbocycles. The second kappa shape index (κ2) is 7.92. The van der Waals surface area contributed by atoms with E-state index in [1.807, 2.05) is 47.2 Å². The van der Waals surface area contributed by atoms with Gasteiger partial charge in [-0.2, -0.15) is 0 Å². The third-order valence-electron chi connectivity index (χ3n) is 4.54. The number of nitrogens with one attached hydrogen (secondary N) is 1.